The van der Waals surface area contributed by atoms with Crippen LogP contribution < -0.4 is 0 Å². The summed E-state index contributed by atoms with van der Waals surface area (Å²) in [4.78, 5) is 23.8. The van der Waals surface area contributed by atoms with Crippen LogP contribution in [-0.2, 0) is 0 Å². The van der Waals surface area contributed by atoms with Gasteiger partial charge in [-0.3, -0.25) is 4.79 Å². The molecule has 8 nitrogen and oxygen atoms in total. The van der Waals surface area contributed by atoms with E-state index in [1.54, 1.807) is 11.4 Å². The lowest BCUT2D eigenvalue weighted by Gasteiger charge is -2.15. The summed E-state index contributed by atoms with van der Waals surface area (Å²) < 4.78 is 7.01. The van der Waals surface area contributed by atoms with Gasteiger partial charge >= 0.3 is 0 Å². The molecule has 0 saturated carbocycles. The van der Waals surface area contributed by atoms with Crippen molar-refractivity contribution in [3.05, 3.63) is 40.4 Å². The molecule has 8 heteroatoms. The summed E-state index contributed by atoms with van der Waals surface area (Å²) in [6.45, 7) is 8.77. The third-order valence-electron chi connectivity index (χ3n) is 4.65. The molecular formula is C17H20N6O2. The topological polar surface area (TPSA) is 89.4 Å². The van der Waals surface area contributed by atoms with Crippen LogP contribution >= 0.6 is 0 Å². The second-order valence-corrected chi connectivity index (χ2v) is 6.65. The lowest BCUT2D eigenvalue weighted by atomic mass is 10.1. The van der Waals surface area contributed by atoms with Gasteiger partial charge in [0.25, 0.3) is 5.91 Å². The number of nitrogens with zero attached hydrogens (tertiary/aromatic N) is 6. The molecule has 130 valence electrons. The van der Waals surface area contributed by atoms with E-state index in [2.05, 4.69) is 20.2 Å². The fourth-order valence-electron chi connectivity index (χ4n) is 3.46. The van der Waals surface area contributed by atoms with Crippen molar-refractivity contribution in [1.82, 2.24) is 29.6 Å². The maximum atomic E-state index is 13.1. The Labute approximate surface area is 144 Å². The van der Waals surface area contributed by atoms with E-state index in [0.717, 1.165) is 17.8 Å². The van der Waals surface area contributed by atoms with Crippen LogP contribution in [0.3, 0.4) is 0 Å². The first-order valence-corrected chi connectivity index (χ1v) is 8.37. The van der Waals surface area contributed by atoms with Gasteiger partial charge in [0, 0.05) is 24.5 Å². The van der Waals surface area contributed by atoms with E-state index in [1.807, 2.05) is 31.7 Å². The number of likely N-dealkylation sites (tertiary alicyclic amines) is 1. The summed E-state index contributed by atoms with van der Waals surface area (Å²) in [5, 5.41) is 8.34. The number of aryl methyl sites for hydroxylation is 4. The normalized spacial score (nSPS) is 17.6. The molecule has 3 aromatic heterocycles. The SMILES string of the molecule is Cc1cc(C)n2nc(C)c(C(=O)N3CCC(c4nc(C)no4)C3)c2n1. The molecule has 0 bridgehead atoms. The zero-order chi connectivity index (χ0) is 17.7. The van der Waals surface area contributed by atoms with Gasteiger partial charge in [-0.2, -0.15) is 10.1 Å². The second kappa shape index (κ2) is 5.65. The molecule has 3 aromatic rings. The molecule has 1 saturated heterocycles. The first-order chi connectivity index (χ1) is 11.9. The molecule has 1 atom stereocenters. The summed E-state index contributed by atoms with van der Waals surface area (Å²) in [7, 11) is 0. The highest BCUT2D eigenvalue weighted by Crippen LogP contribution is 2.28. The zero-order valence-corrected chi connectivity index (χ0v) is 14.8. The van der Waals surface area contributed by atoms with E-state index in [1.165, 1.54) is 0 Å². The van der Waals surface area contributed by atoms with Crippen LogP contribution in [0.1, 0.15) is 51.5 Å². The Morgan fingerprint density at radius 1 is 1.24 bits per heavy atom. The highest BCUT2D eigenvalue weighted by Gasteiger charge is 2.33. The minimum atomic E-state index is -0.0382. The molecule has 0 spiro atoms. The molecular weight excluding hydrogens is 320 g/mol. The van der Waals surface area contributed by atoms with E-state index in [0.29, 0.717) is 41.7 Å². The Balaban J connectivity index is 1.66. The minimum absolute atomic E-state index is 0.0382. The van der Waals surface area contributed by atoms with Crippen molar-refractivity contribution in [3.8, 4) is 0 Å². The fourth-order valence-corrected chi connectivity index (χ4v) is 3.46. The molecule has 25 heavy (non-hydrogen) atoms. The van der Waals surface area contributed by atoms with Crippen molar-refractivity contribution in [2.75, 3.05) is 13.1 Å². The number of aromatic nitrogens is 5. The predicted octanol–water partition coefficient (Wildman–Crippen LogP) is 1.98. The minimum Gasteiger partial charge on any atom is -0.339 e. The van der Waals surface area contributed by atoms with E-state index in [-0.39, 0.29) is 11.8 Å². The van der Waals surface area contributed by atoms with E-state index >= 15 is 0 Å². The number of rotatable bonds is 2. The molecule has 4 heterocycles. The van der Waals surface area contributed by atoms with Crippen LogP contribution in [0.15, 0.2) is 10.6 Å². The second-order valence-electron chi connectivity index (χ2n) is 6.65. The first kappa shape index (κ1) is 15.7. The van der Waals surface area contributed by atoms with Gasteiger partial charge in [-0.25, -0.2) is 9.50 Å². The molecule has 1 aliphatic heterocycles. The zero-order valence-electron chi connectivity index (χ0n) is 14.8. The molecule has 0 radical (unpaired) electrons. The molecule has 1 fully saturated rings. The first-order valence-electron chi connectivity index (χ1n) is 8.37. The lowest BCUT2D eigenvalue weighted by molar-refractivity contribution is 0.0790. The molecule has 1 aliphatic rings. The molecule has 0 aliphatic carbocycles. The summed E-state index contributed by atoms with van der Waals surface area (Å²) in [5.74, 6) is 1.27. The van der Waals surface area contributed by atoms with Gasteiger partial charge in [-0.05, 0) is 40.2 Å². The standard InChI is InChI=1S/C17H20N6O2/c1-9-7-10(2)23-15(18-9)14(11(3)20-23)17(24)22-6-5-13(8-22)16-19-12(4)21-25-16/h7,13H,5-6,8H2,1-4H3. The quantitative estimate of drug-likeness (QED) is 0.708. The van der Waals surface area contributed by atoms with E-state index in [4.69, 9.17) is 4.52 Å². The van der Waals surface area contributed by atoms with Crippen LogP contribution in [-0.4, -0.2) is 48.6 Å². The number of hydrogen-bond acceptors (Lipinski definition) is 6. The average molecular weight is 340 g/mol. The van der Waals surface area contributed by atoms with Gasteiger partial charge in [0.1, 0.15) is 5.56 Å². The van der Waals surface area contributed by atoms with Gasteiger partial charge < -0.3 is 9.42 Å². The number of carbonyl (C=O) groups excluding carboxylic acids is 1. The van der Waals surface area contributed by atoms with Gasteiger partial charge in [0.15, 0.2) is 11.5 Å². The van der Waals surface area contributed by atoms with Crippen LogP contribution in [0, 0.1) is 27.7 Å². The number of fused-ring (bicyclic) bond motifs is 1. The summed E-state index contributed by atoms with van der Waals surface area (Å²) in [5.41, 5.74) is 3.74. The average Bonchev–Trinajstić information content (AvgIpc) is 3.25. The Morgan fingerprint density at radius 2 is 2.04 bits per heavy atom. The monoisotopic (exact) mass is 340 g/mol. The Bertz CT molecular complexity index is 973. The van der Waals surface area contributed by atoms with Crippen LogP contribution in [0.4, 0.5) is 0 Å². The Morgan fingerprint density at radius 3 is 2.76 bits per heavy atom. The third-order valence-corrected chi connectivity index (χ3v) is 4.65. The summed E-state index contributed by atoms with van der Waals surface area (Å²) in [6, 6.07) is 1.96. The van der Waals surface area contributed by atoms with Crippen LogP contribution in [0.5, 0.6) is 0 Å². The van der Waals surface area contributed by atoms with Gasteiger partial charge in [-0.1, -0.05) is 5.16 Å². The van der Waals surface area contributed by atoms with Crippen molar-refractivity contribution < 1.29 is 9.32 Å². The molecule has 1 unspecified atom stereocenters. The van der Waals surface area contributed by atoms with Gasteiger partial charge in [0.05, 0.1) is 11.6 Å². The maximum Gasteiger partial charge on any atom is 0.259 e. The fraction of sp³-hybridized carbons (Fsp3) is 0.471. The van der Waals surface area contributed by atoms with Crippen molar-refractivity contribution >= 4 is 11.6 Å². The Kier molecular flexibility index (Phi) is 3.55. The van der Waals surface area contributed by atoms with E-state index < -0.39 is 0 Å². The van der Waals surface area contributed by atoms with Crippen LogP contribution in [0.2, 0.25) is 0 Å². The third kappa shape index (κ3) is 2.57. The highest BCUT2D eigenvalue weighted by atomic mass is 16.5. The number of carbonyl (C=O) groups is 1. The van der Waals surface area contributed by atoms with Crippen molar-refractivity contribution in [2.45, 2.75) is 40.0 Å². The van der Waals surface area contributed by atoms with Crippen molar-refractivity contribution in [3.63, 3.8) is 0 Å². The van der Waals surface area contributed by atoms with Crippen molar-refractivity contribution in [2.24, 2.45) is 0 Å². The Hall–Kier alpha value is -2.77. The number of hydrogen-bond donors (Lipinski definition) is 0. The maximum absolute atomic E-state index is 13.1. The van der Waals surface area contributed by atoms with Gasteiger partial charge in [0.2, 0.25) is 5.89 Å². The highest BCUT2D eigenvalue weighted by molar-refractivity contribution is 6.01. The summed E-state index contributed by atoms with van der Waals surface area (Å²) in [6.07, 6.45) is 0.817. The molecule has 0 N–H and O–H groups in total. The largest absolute Gasteiger partial charge is 0.339 e. The van der Waals surface area contributed by atoms with Crippen molar-refractivity contribution in [1.29, 1.82) is 0 Å². The van der Waals surface area contributed by atoms with Crippen LogP contribution in [0.25, 0.3) is 5.65 Å². The molecule has 1 amide bonds. The molecule has 4 rings (SSSR count). The predicted molar refractivity (Wildman–Crippen MR) is 89.5 cm³/mol. The van der Waals surface area contributed by atoms with Gasteiger partial charge in [-0.15, -0.1) is 0 Å². The van der Waals surface area contributed by atoms with E-state index in [9.17, 15) is 4.79 Å². The smallest absolute Gasteiger partial charge is 0.259 e. The number of amides is 1. The summed E-state index contributed by atoms with van der Waals surface area (Å²) >= 11 is 0. The molecule has 0 aromatic carbocycles. The lowest BCUT2D eigenvalue weighted by Crippen LogP contribution is -2.29.